The van der Waals surface area contributed by atoms with Crippen LogP contribution in [0, 0.1) is 0 Å². The molecule has 21 heavy (non-hydrogen) atoms. The summed E-state index contributed by atoms with van der Waals surface area (Å²) >= 11 is 6.93. The number of hydrogen-bond acceptors (Lipinski definition) is 2. The van der Waals surface area contributed by atoms with Gasteiger partial charge in [-0.2, -0.15) is 0 Å². The Morgan fingerprint density at radius 3 is 1.62 bits per heavy atom. The van der Waals surface area contributed by atoms with Crippen LogP contribution in [-0.4, -0.2) is 7.69 Å². The van der Waals surface area contributed by atoms with Gasteiger partial charge in [0.2, 0.25) is 0 Å². The summed E-state index contributed by atoms with van der Waals surface area (Å²) in [7, 11) is 1.39. The van der Waals surface area contributed by atoms with Gasteiger partial charge in [0.15, 0.2) is 0 Å². The molecule has 2 aromatic carbocycles. The van der Waals surface area contributed by atoms with Crippen molar-refractivity contribution in [1.29, 1.82) is 0 Å². The number of halogens is 2. The maximum atomic E-state index is 5.64. The third-order valence-corrected chi connectivity index (χ3v) is 4.14. The molecule has 0 aliphatic rings. The zero-order valence-corrected chi connectivity index (χ0v) is 15.2. The van der Waals surface area contributed by atoms with Crippen molar-refractivity contribution in [2.24, 2.45) is 0 Å². The molecule has 0 fully saturated rings. The Kier molecular flexibility index (Phi) is 6.18. The molecule has 0 saturated carbocycles. The van der Waals surface area contributed by atoms with E-state index in [1.807, 2.05) is 24.3 Å². The van der Waals surface area contributed by atoms with Crippen LogP contribution in [0.15, 0.2) is 45.3 Å². The van der Waals surface area contributed by atoms with Crippen molar-refractivity contribution in [2.75, 3.05) is 0 Å². The van der Waals surface area contributed by atoms with Crippen molar-refractivity contribution in [3.05, 3.63) is 56.5 Å². The van der Waals surface area contributed by atoms with Gasteiger partial charge in [0, 0.05) is 8.95 Å². The van der Waals surface area contributed by atoms with E-state index in [9.17, 15) is 0 Å². The van der Waals surface area contributed by atoms with Gasteiger partial charge in [0.05, 0.1) is 0 Å². The molecule has 2 aromatic rings. The predicted octanol–water partition coefficient (Wildman–Crippen LogP) is 5.33. The molecule has 2 rings (SSSR count). The fourth-order valence-corrected chi connectivity index (χ4v) is 2.82. The second kappa shape index (κ2) is 7.90. The zero-order valence-electron chi connectivity index (χ0n) is 12.0. The minimum atomic E-state index is 0.816. The lowest BCUT2D eigenvalue weighted by Crippen LogP contribution is -2.13. The maximum absolute atomic E-state index is 5.64. The first-order valence-electron chi connectivity index (χ1n) is 6.86. The summed E-state index contributed by atoms with van der Waals surface area (Å²) in [5.41, 5.74) is 2.27. The molecule has 0 heterocycles. The van der Waals surface area contributed by atoms with Crippen LogP contribution in [0.2, 0.25) is 0 Å². The van der Waals surface area contributed by atoms with E-state index in [0.717, 1.165) is 44.4 Å². The molecule has 109 valence electrons. The first-order valence-corrected chi connectivity index (χ1v) is 8.44. The molecule has 0 bridgehead atoms. The first-order chi connectivity index (χ1) is 10.1. The van der Waals surface area contributed by atoms with Crippen LogP contribution in [-0.2, 0) is 12.8 Å². The van der Waals surface area contributed by atoms with Crippen LogP contribution >= 0.6 is 31.9 Å². The molecule has 0 amide bonds. The summed E-state index contributed by atoms with van der Waals surface area (Å²) in [4.78, 5) is 0. The van der Waals surface area contributed by atoms with Crippen molar-refractivity contribution in [2.45, 2.75) is 26.7 Å². The molecular formula is C16H16BBr2O2. The molecule has 0 spiro atoms. The highest BCUT2D eigenvalue weighted by Gasteiger charge is 2.09. The monoisotopic (exact) mass is 409 g/mol. The molecule has 1 radical (unpaired) electrons. The third-order valence-electron chi connectivity index (χ3n) is 3.16. The molecule has 0 N–H and O–H groups in total. The van der Waals surface area contributed by atoms with Crippen molar-refractivity contribution in [3.63, 3.8) is 0 Å². The van der Waals surface area contributed by atoms with E-state index in [4.69, 9.17) is 9.31 Å². The normalized spacial score (nSPS) is 10.3. The minimum absolute atomic E-state index is 0.816. The maximum Gasteiger partial charge on any atom is 0.658 e. The Balaban J connectivity index is 2.02. The predicted molar refractivity (Wildman–Crippen MR) is 94.1 cm³/mol. The summed E-state index contributed by atoms with van der Waals surface area (Å²) in [5, 5.41) is 0. The Labute approximate surface area is 143 Å². The summed E-state index contributed by atoms with van der Waals surface area (Å²) in [5.74, 6) is 1.63. The molecule has 0 aliphatic carbocycles. The van der Waals surface area contributed by atoms with Gasteiger partial charge in [-0.15, -0.1) is 0 Å². The highest BCUT2D eigenvalue weighted by Crippen LogP contribution is 2.25. The Hall–Kier alpha value is -0.935. The standard InChI is InChI=1S/C16H16BBr2O2/c1-3-11-9-13(18)5-7-15(11)20-17-21-16-8-6-14(19)10-12(16)4-2/h5-10H,3-4H2,1-2H3. The van der Waals surface area contributed by atoms with Crippen LogP contribution in [0.4, 0.5) is 0 Å². The highest BCUT2D eigenvalue weighted by atomic mass is 79.9. The van der Waals surface area contributed by atoms with Crippen LogP contribution in [0.3, 0.4) is 0 Å². The van der Waals surface area contributed by atoms with Crippen LogP contribution < -0.4 is 9.31 Å². The van der Waals surface area contributed by atoms with Crippen LogP contribution in [0.25, 0.3) is 0 Å². The lowest BCUT2D eigenvalue weighted by Gasteiger charge is -2.12. The van der Waals surface area contributed by atoms with Gasteiger partial charge in [-0.25, -0.2) is 0 Å². The van der Waals surface area contributed by atoms with Gasteiger partial charge in [-0.3, -0.25) is 0 Å². The van der Waals surface area contributed by atoms with Gasteiger partial charge in [0.25, 0.3) is 0 Å². The second-order valence-electron chi connectivity index (χ2n) is 4.54. The molecular weight excluding hydrogens is 395 g/mol. The van der Waals surface area contributed by atoms with E-state index >= 15 is 0 Å². The SMILES string of the molecule is CCc1cc(Br)ccc1O[B]Oc1ccc(Br)cc1CC. The summed E-state index contributed by atoms with van der Waals surface area (Å²) in [6.45, 7) is 4.19. The average Bonchev–Trinajstić information content (AvgIpc) is 2.49. The van der Waals surface area contributed by atoms with E-state index in [2.05, 4.69) is 57.8 Å². The lowest BCUT2D eigenvalue weighted by atomic mass is 10.1. The molecule has 0 saturated heterocycles. The Bertz CT molecular complexity index is 564. The number of hydrogen-bond donors (Lipinski definition) is 0. The van der Waals surface area contributed by atoms with E-state index in [-0.39, 0.29) is 0 Å². The van der Waals surface area contributed by atoms with Crippen molar-refractivity contribution >= 4 is 39.5 Å². The quantitative estimate of drug-likeness (QED) is 0.599. The average molecular weight is 411 g/mol. The number of rotatable bonds is 6. The lowest BCUT2D eigenvalue weighted by molar-refractivity contribution is 0.453. The second-order valence-corrected chi connectivity index (χ2v) is 6.37. The molecule has 2 nitrogen and oxygen atoms in total. The van der Waals surface area contributed by atoms with Gasteiger partial charge in [0.1, 0.15) is 11.5 Å². The topological polar surface area (TPSA) is 18.5 Å². The van der Waals surface area contributed by atoms with E-state index < -0.39 is 0 Å². The molecule has 5 heteroatoms. The molecule has 0 aliphatic heterocycles. The van der Waals surface area contributed by atoms with E-state index in [1.165, 1.54) is 7.69 Å². The summed E-state index contributed by atoms with van der Waals surface area (Å²) in [6.07, 6.45) is 1.81. The summed E-state index contributed by atoms with van der Waals surface area (Å²) < 4.78 is 13.4. The minimum Gasteiger partial charge on any atom is -0.526 e. The number of aryl methyl sites for hydroxylation is 2. The largest absolute Gasteiger partial charge is 0.658 e. The van der Waals surface area contributed by atoms with Gasteiger partial charge in [-0.1, -0.05) is 45.7 Å². The Morgan fingerprint density at radius 1 is 0.810 bits per heavy atom. The van der Waals surface area contributed by atoms with Crippen LogP contribution in [0.1, 0.15) is 25.0 Å². The van der Waals surface area contributed by atoms with Gasteiger partial charge in [-0.05, 0) is 60.4 Å². The molecule has 0 unspecified atom stereocenters. The van der Waals surface area contributed by atoms with Crippen molar-refractivity contribution in [3.8, 4) is 11.5 Å². The van der Waals surface area contributed by atoms with E-state index in [0.29, 0.717) is 0 Å². The van der Waals surface area contributed by atoms with Crippen molar-refractivity contribution in [1.82, 2.24) is 0 Å². The molecule has 0 aromatic heterocycles. The van der Waals surface area contributed by atoms with Gasteiger partial charge >= 0.3 is 7.69 Å². The molecule has 0 atom stereocenters. The fraction of sp³-hybridized carbons (Fsp3) is 0.250. The van der Waals surface area contributed by atoms with Crippen LogP contribution in [0.5, 0.6) is 11.5 Å². The summed E-state index contributed by atoms with van der Waals surface area (Å²) in [6, 6.07) is 11.9. The Morgan fingerprint density at radius 2 is 1.24 bits per heavy atom. The zero-order chi connectivity index (χ0) is 15.2. The third kappa shape index (κ3) is 4.52. The van der Waals surface area contributed by atoms with Gasteiger partial charge < -0.3 is 9.31 Å². The fourth-order valence-electron chi connectivity index (χ4n) is 2.01. The smallest absolute Gasteiger partial charge is 0.526 e. The van der Waals surface area contributed by atoms with E-state index in [1.54, 1.807) is 0 Å². The van der Waals surface area contributed by atoms with Crippen molar-refractivity contribution < 1.29 is 9.31 Å². The highest BCUT2D eigenvalue weighted by molar-refractivity contribution is 9.10. The first kappa shape index (κ1) is 16.4. The number of benzene rings is 2.